The van der Waals surface area contributed by atoms with E-state index in [-0.39, 0.29) is 0 Å². The van der Waals surface area contributed by atoms with Crippen LogP contribution >= 0.6 is 15.9 Å². The minimum Gasteiger partial charge on any atom is -0.192 e. The van der Waals surface area contributed by atoms with Crippen molar-refractivity contribution in [2.45, 2.75) is 6.92 Å². The van der Waals surface area contributed by atoms with Gasteiger partial charge in [-0.05, 0) is 34.0 Å². The first-order chi connectivity index (χ1) is 5.75. The normalized spacial score (nSPS) is 11.8. The largest absolute Gasteiger partial charge is 0.192 e. The van der Waals surface area contributed by atoms with Gasteiger partial charge in [0.05, 0.1) is 4.48 Å². The Balaban J connectivity index is 3.11. The molecule has 0 aliphatic carbocycles. The molecule has 2 heteroatoms. The van der Waals surface area contributed by atoms with E-state index in [1.54, 1.807) is 0 Å². The number of hydrogen-bond donors (Lipinski definition) is 0. The number of halogens is 1. The van der Waals surface area contributed by atoms with Gasteiger partial charge < -0.3 is 0 Å². The van der Waals surface area contributed by atoms with E-state index in [1.165, 1.54) is 0 Å². The fraction of sp³-hybridized carbons (Fsp3) is 0.100. The van der Waals surface area contributed by atoms with Gasteiger partial charge in [-0.15, -0.1) is 0 Å². The third-order valence-corrected chi connectivity index (χ3v) is 2.41. The summed E-state index contributed by atoms with van der Waals surface area (Å²) < 4.78 is 0.591. The molecular weight excluding hydrogens is 214 g/mol. The third kappa shape index (κ3) is 1.96. The highest BCUT2D eigenvalue weighted by atomic mass is 79.9. The molecule has 0 atom stereocenters. The summed E-state index contributed by atoms with van der Waals surface area (Å²) in [5.74, 6) is 0. The Bertz CT molecular complexity index is 333. The Morgan fingerprint density at radius 1 is 1.33 bits per heavy atom. The van der Waals surface area contributed by atoms with Gasteiger partial charge in [0.1, 0.15) is 6.07 Å². The monoisotopic (exact) mass is 221 g/mol. The summed E-state index contributed by atoms with van der Waals surface area (Å²) in [5, 5.41) is 8.61. The van der Waals surface area contributed by atoms with E-state index in [4.69, 9.17) is 5.26 Å². The molecule has 0 radical (unpaired) electrons. The first-order valence-corrected chi connectivity index (χ1v) is 4.37. The Morgan fingerprint density at radius 2 is 1.92 bits per heavy atom. The van der Waals surface area contributed by atoms with Gasteiger partial charge in [0.15, 0.2) is 0 Å². The van der Waals surface area contributed by atoms with E-state index in [0.29, 0.717) is 4.48 Å². The average Bonchev–Trinajstić information content (AvgIpc) is 2.17. The van der Waals surface area contributed by atoms with Gasteiger partial charge in [-0.25, -0.2) is 0 Å². The molecule has 0 saturated heterocycles. The Morgan fingerprint density at radius 3 is 2.42 bits per heavy atom. The van der Waals surface area contributed by atoms with Crippen molar-refractivity contribution in [3.8, 4) is 6.07 Å². The lowest BCUT2D eigenvalue weighted by Gasteiger charge is -1.99. The van der Waals surface area contributed by atoms with Crippen LogP contribution in [0.3, 0.4) is 0 Å². The lowest BCUT2D eigenvalue weighted by atomic mass is 10.1. The molecular formula is C10H8BrN. The minimum atomic E-state index is 0.591. The molecule has 1 aromatic carbocycles. The van der Waals surface area contributed by atoms with Gasteiger partial charge in [-0.3, -0.25) is 0 Å². The van der Waals surface area contributed by atoms with Gasteiger partial charge in [0.2, 0.25) is 0 Å². The lowest BCUT2D eigenvalue weighted by Crippen LogP contribution is -1.79. The van der Waals surface area contributed by atoms with Crippen LogP contribution in [-0.2, 0) is 0 Å². The topological polar surface area (TPSA) is 23.8 Å². The molecule has 0 aliphatic heterocycles. The predicted octanol–water partition coefficient (Wildman–Crippen LogP) is 3.34. The third-order valence-electron chi connectivity index (χ3n) is 1.63. The van der Waals surface area contributed by atoms with E-state index in [0.717, 1.165) is 11.1 Å². The molecule has 0 unspecified atom stereocenters. The van der Waals surface area contributed by atoms with E-state index in [2.05, 4.69) is 22.0 Å². The Hall–Kier alpha value is -1.07. The summed E-state index contributed by atoms with van der Waals surface area (Å²) in [6, 6.07) is 11.9. The molecule has 0 heterocycles. The first-order valence-electron chi connectivity index (χ1n) is 3.57. The molecule has 0 fully saturated rings. The maximum absolute atomic E-state index is 8.61. The summed E-state index contributed by atoms with van der Waals surface area (Å²) in [7, 11) is 0. The average molecular weight is 222 g/mol. The molecule has 0 bridgehead atoms. The number of nitrogens with zero attached hydrogens (tertiary/aromatic N) is 1. The fourth-order valence-corrected chi connectivity index (χ4v) is 1.13. The number of hydrogen-bond acceptors (Lipinski definition) is 1. The zero-order chi connectivity index (χ0) is 8.97. The maximum Gasteiger partial charge on any atom is 0.107 e. The van der Waals surface area contributed by atoms with Gasteiger partial charge in [0, 0.05) is 0 Å². The number of rotatable bonds is 1. The highest BCUT2D eigenvalue weighted by Crippen LogP contribution is 2.20. The van der Waals surface area contributed by atoms with Crippen molar-refractivity contribution in [3.63, 3.8) is 0 Å². The molecule has 0 aliphatic rings. The second-order valence-electron chi connectivity index (χ2n) is 2.42. The minimum absolute atomic E-state index is 0.591. The standard InChI is InChI=1S/C10H8BrN/c1-8(10(11)7-12)9-5-3-2-4-6-9/h2-6H,1H3/b10-8+. The molecule has 0 saturated carbocycles. The van der Waals surface area contributed by atoms with Crippen molar-refractivity contribution in [2.75, 3.05) is 0 Å². The summed E-state index contributed by atoms with van der Waals surface area (Å²) in [5.41, 5.74) is 2.05. The molecule has 0 spiro atoms. The smallest absolute Gasteiger partial charge is 0.107 e. The van der Waals surface area contributed by atoms with Gasteiger partial charge >= 0.3 is 0 Å². The predicted molar refractivity (Wildman–Crippen MR) is 53.6 cm³/mol. The van der Waals surface area contributed by atoms with Crippen LogP contribution in [0.4, 0.5) is 0 Å². The molecule has 0 aromatic heterocycles. The van der Waals surface area contributed by atoms with Crippen molar-refractivity contribution in [3.05, 3.63) is 40.4 Å². The van der Waals surface area contributed by atoms with Gasteiger partial charge in [-0.1, -0.05) is 30.3 Å². The van der Waals surface area contributed by atoms with Crippen LogP contribution in [0, 0.1) is 11.3 Å². The quantitative estimate of drug-likeness (QED) is 0.668. The molecule has 1 nitrogen and oxygen atoms in total. The number of allylic oxidation sites excluding steroid dienone is 2. The second-order valence-corrected chi connectivity index (χ2v) is 3.21. The number of nitriles is 1. The van der Waals surface area contributed by atoms with Crippen molar-refractivity contribution in [1.82, 2.24) is 0 Å². The van der Waals surface area contributed by atoms with Crippen LogP contribution in [0.15, 0.2) is 34.8 Å². The highest BCUT2D eigenvalue weighted by Gasteiger charge is 1.98. The van der Waals surface area contributed by atoms with Crippen LogP contribution < -0.4 is 0 Å². The highest BCUT2D eigenvalue weighted by molar-refractivity contribution is 9.12. The summed E-state index contributed by atoms with van der Waals surface area (Å²) >= 11 is 3.20. The maximum atomic E-state index is 8.61. The zero-order valence-electron chi connectivity index (χ0n) is 6.71. The van der Waals surface area contributed by atoms with E-state index in [9.17, 15) is 0 Å². The van der Waals surface area contributed by atoms with Gasteiger partial charge in [-0.2, -0.15) is 5.26 Å². The molecule has 1 aromatic rings. The van der Waals surface area contributed by atoms with E-state index < -0.39 is 0 Å². The molecule has 60 valence electrons. The van der Waals surface area contributed by atoms with E-state index in [1.807, 2.05) is 37.3 Å². The molecule has 0 N–H and O–H groups in total. The number of benzene rings is 1. The SMILES string of the molecule is C/C(=C(\Br)C#N)c1ccccc1. The zero-order valence-corrected chi connectivity index (χ0v) is 8.30. The van der Waals surface area contributed by atoms with Crippen LogP contribution in [-0.4, -0.2) is 0 Å². The van der Waals surface area contributed by atoms with Crippen LogP contribution in [0.1, 0.15) is 12.5 Å². The summed E-state index contributed by atoms with van der Waals surface area (Å²) in [6.07, 6.45) is 0. The van der Waals surface area contributed by atoms with Gasteiger partial charge in [0.25, 0.3) is 0 Å². The van der Waals surface area contributed by atoms with Crippen LogP contribution in [0.25, 0.3) is 5.57 Å². The summed E-state index contributed by atoms with van der Waals surface area (Å²) in [6.45, 7) is 1.92. The molecule has 1 rings (SSSR count). The molecule has 12 heavy (non-hydrogen) atoms. The summed E-state index contributed by atoms with van der Waals surface area (Å²) in [4.78, 5) is 0. The van der Waals surface area contributed by atoms with Crippen LogP contribution in [0.5, 0.6) is 0 Å². The van der Waals surface area contributed by atoms with E-state index >= 15 is 0 Å². The second kappa shape index (κ2) is 4.08. The molecule has 0 amide bonds. The van der Waals surface area contributed by atoms with Crippen molar-refractivity contribution < 1.29 is 0 Å². The lowest BCUT2D eigenvalue weighted by molar-refractivity contribution is 1.51. The fourth-order valence-electron chi connectivity index (χ4n) is 0.899. The van der Waals surface area contributed by atoms with Crippen molar-refractivity contribution in [1.29, 1.82) is 5.26 Å². The van der Waals surface area contributed by atoms with Crippen molar-refractivity contribution >= 4 is 21.5 Å². The van der Waals surface area contributed by atoms with Crippen LogP contribution in [0.2, 0.25) is 0 Å². The Kier molecular flexibility index (Phi) is 3.07. The Labute approximate surface area is 80.5 Å². The first kappa shape index (κ1) is 9.02. The van der Waals surface area contributed by atoms with Crippen molar-refractivity contribution in [2.24, 2.45) is 0 Å².